The topological polar surface area (TPSA) is 24.4 Å². The van der Waals surface area contributed by atoms with Gasteiger partial charge in [0.05, 0.1) is 12.4 Å². The van der Waals surface area contributed by atoms with Crippen LogP contribution in [0.15, 0.2) is 16.4 Å². The number of thiophene rings is 1. The highest BCUT2D eigenvalue weighted by atomic mass is 32.1. The molecule has 0 unspecified atom stereocenters. The van der Waals surface area contributed by atoms with Gasteiger partial charge in [0, 0.05) is 17.8 Å². The van der Waals surface area contributed by atoms with Gasteiger partial charge in [0.1, 0.15) is 0 Å². The van der Waals surface area contributed by atoms with E-state index in [0.29, 0.717) is 0 Å². The summed E-state index contributed by atoms with van der Waals surface area (Å²) in [7, 11) is 0. The summed E-state index contributed by atoms with van der Waals surface area (Å²) in [6.45, 7) is 4.08. The zero-order chi connectivity index (χ0) is 9.10. The molecule has 1 aliphatic heterocycles. The SMILES string of the molecule is Cc1csc(CNC2=NCCC2)c1. The third-order valence-electron chi connectivity index (χ3n) is 2.13. The Labute approximate surface area is 82.7 Å². The van der Waals surface area contributed by atoms with Crippen LogP contribution in [0, 0.1) is 6.92 Å². The van der Waals surface area contributed by atoms with Crippen LogP contribution in [-0.4, -0.2) is 12.4 Å². The molecule has 0 aliphatic carbocycles. The summed E-state index contributed by atoms with van der Waals surface area (Å²) in [5.74, 6) is 1.19. The van der Waals surface area contributed by atoms with Crippen molar-refractivity contribution in [1.82, 2.24) is 5.32 Å². The van der Waals surface area contributed by atoms with Gasteiger partial charge in [-0.15, -0.1) is 11.3 Å². The molecule has 0 saturated heterocycles. The van der Waals surface area contributed by atoms with Gasteiger partial charge in [0.15, 0.2) is 0 Å². The summed E-state index contributed by atoms with van der Waals surface area (Å²) in [5, 5.41) is 5.56. The molecule has 2 nitrogen and oxygen atoms in total. The lowest BCUT2D eigenvalue weighted by Gasteiger charge is -2.02. The minimum Gasteiger partial charge on any atom is -0.369 e. The van der Waals surface area contributed by atoms with Gasteiger partial charge in [-0.2, -0.15) is 0 Å². The molecule has 1 N–H and O–H groups in total. The summed E-state index contributed by atoms with van der Waals surface area (Å²) in [6, 6.07) is 2.23. The standard InChI is InChI=1S/C10H14N2S/c1-8-5-9(13-7-8)6-12-10-3-2-4-11-10/h5,7H,2-4,6H2,1H3,(H,11,12). The Morgan fingerprint density at radius 2 is 2.54 bits per heavy atom. The number of nitrogens with one attached hydrogen (secondary N) is 1. The monoisotopic (exact) mass is 194 g/mol. The number of hydrogen-bond acceptors (Lipinski definition) is 3. The van der Waals surface area contributed by atoms with Crippen LogP contribution in [-0.2, 0) is 6.54 Å². The van der Waals surface area contributed by atoms with Crippen molar-refractivity contribution in [3.63, 3.8) is 0 Å². The molecule has 0 fully saturated rings. The van der Waals surface area contributed by atoms with Crippen molar-refractivity contribution in [2.24, 2.45) is 4.99 Å². The van der Waals surface area contributed by atoms with Crippen molar-refractivity contribution < 1.29 is 0 Å². The number of rotatable bonds is 2. The van der Waals surface area contributed by atoms with E-state index >= 15 is 0 Å². The van der Waals surface area contributed by atoms with Crippen LogP contribution in [0.5, 0.6) is 0 Å². The molecule has 3 heteroatoms. The smallest absolute Gasteiger partial charge is 0.0966 e. The molecule has 13 heavy (non-hydrogen) atoms. The van der Waals surface area contributed by atoms with Crippen LogP contribution in [0.2, 0.25) is 0 Å². The molecule has 0 saturated carbocycles. The van der Waals surface area contributed by atoms with Gasteiger partial charge < -0.3 is 5.32 Å². The highest BCUT2D eigenvalue weighted by Crippen LogP contribution is 2.13. The zero-order valence-electron chi connectivity index (χ0n) is 7.84. The second-order valence-corrected chi connectivity index (χ2v) is 4.37. The van der Waals surface area contributed by atoms with Crippen LogP contribution >= 0.6 is 11.3 Å². The molecule has 1 aromatic heterocycles. The highest BCUT2D eigenvalue weighted by Gasteiger charge is 2.05. The fraction of sp³-hybridized carbons (Fsp3) is 0.500. The molecule has 1 aromatic rings. The first-order chi connectivity index (χ1) is 6.34. The summed E-state index contributed by atoms with van der Waals surface area (Å²) >= 11 is 1.82. The van der Waals surface area contributed by atoms with E-state index in [1.807, 2.05) is 11.3 Å². The van der Waals surface area contributed by atoms with E-state index < -0.39 is 0 Å². The quantitative estimate of drug-likeness (QED) is 0.767. The van der Waals surface area contributed by atoms with Crippen molar-refractivity contribution in [3.05, 3.63) is 21.9 Å². The number of nitrogens with zero attached hydrogens (tertiary/aromatic N) is 1. The number of aryl methyl sites for hydroxylation is 1. The Morgan fingerprint density at radius 3 is 3.15 bits per heavy atom. The largest absolute Gasteiger partial charge is 0.369 e. The molecule has 0 spiro atoms. The summed E-state index contributed by atoms with van der Waals surface area (Å²) in [5.41, 5.74) is 1.36. The summed E-state index contributed by atoms with van der Waals surface area (Å²) < 4.78 is 0. The minimum atomic E-state index is 0.942. The molecular weight excluding hydrogens is 180 g/mol. The summed E-state index contributed by atoms with van der Waals surface area (Å²) in [6.07, 6.45) is 2.34. The maximum Gasteiger partial charge on any atom is 0.0966 e. The van der Waals surface area contributed by atoms with Gasteiger partial charge in [-0.05, 0) is 30.4 Å². The average molecular weight is 194 g/mol. The Balaban J connectivity index is 1.85. The van der Waals surface area contributed by atoms with Crippen LogP contribution < -0.4 is 5.32 Å². The molecule has 0 bridgehead atoms. The molecule has 2 heterocycles. The molecule has 70 valence electrons. The lowest BCUT2D eigenvalue weighted by Crippen LogP contribution is -2.19. The molecule has 0 atom stereocenters. The molecule has 0 radical (unpaired) electrons. The van der Waals surface area contributed by atoms with Crippen LogP contribution in [0.4, 0.5) is 0 Å². The maximum atomic E-state index is 4.37. The Morgan fingerprint density at radius 1 is 1.62 bits per heavy atom. The lowest BCUT2D eigenvalue weighted by molar-refractivity contribution is 0.901. The fourth-order valence-corrected chi connectivity index (χ4v) is 2.27. The van der Waals surface area contributed by atoms with E-state index in [0.717, 1.165) is 19.5 Å². The van der Waals surface area contributed by atoms with Crippen LogP contribution in [0.3, 0.4) is 0 Å². The van der Waals surface area contributed by atoms with E-state index in [-0.39, 0.29) is 0 Å². The third-order valence-corrected chi connectivity index (χ3v) is 3.18. The predicted molar refractivity (Wildman–Crippen MR) is 57.4 cm³/mol. The van der Waals surface area contributed by atoms with Crippen molar-refractivity contribution in [2.75, 3.05) is 6.54 Å². The van der Waals surface area contributed by atoms with Crippen molar-refractivity contribution in [1.29, 1.82) is 0 Å². The molecule has 0 amide bonds. The second-order valence-electron chi connectivity index (χ2n) is 3.38. The van der Waals surface area contributed by atoms with E-state index in [1.54, 1.807) is 0 Å². The Hall–Kier alpha value is -0.830. The third kappa shape index (κ3) is 2.31. The van der Waals surface area contributed by atoms with Crippen molar-refractivity contribution in [3.8, 4) is 0 Å². The first-order valence-corrected chi connectivity index (χ1v) is 5.54. The minimum absolute atomic E-state index is 0.942. The van der Waals surface area contributed by atoms with Gasteiger partial charge in [0.25, 0.3) is 0 Å². The first kappa shape index (κ1) is 8.75. The van der Waals surface area contributed by atoms with Crippen LogP contribution in [0.25, 0.3) is 0 Å². The van der Waals surface area contributed by atoms with Gasteiger partial charge in [0.2, 0.25) is 0 Å². The van der Waals surface area contributed by atoms with Crippen molar-refractivity contribution in [2.45, 2.75) is 26.3 Å². The van der Waals surface area contributed by atoms with Gasteiger partial charge in [-0.3, -0.25) is 4.99 Å². The number of aliphatic imine (C=N–C) groups is 1. The zero-order valence-corrected chi connectivity index (χ0v) is 8.66. The normalized spacial score (nSPS) is 15.9. The highest BCUT2D eigenvalue weighted by molar-refractivity contribution is 7.10. The van der Waals surface area contributed by atoms with E-state index in [9.17, 15) is 0 Å². The molecule has 0 aromatic carbocycles. The first-order valence-electron chi connectivity index (χ1n) is 4.66. The van der Waals surface area contributed by atoms with E-state index in [2.05, 4.69) is 28.7 Å². The second kappa shape index (κ2) is 3.92. The number of hydrogen-bond donors (Lipinski definition) is 1. The fourth-order valence-electron chi connectivity index (χ4n) is 1.46. The molecule has 2 rings (SSSR count). The number of amidine groups is 1. The lowest BCUT2D eigenvalue weighted by atomic mass is 10.3. The molecule has 1 aliphatic rings. The molecular formula is C10H14N2S. The van der Waals surface area contributed by atoms with E-state index in [1.165, 1.54) is 22.7 Å². The summed E-state index contributed by atoms with van der Waals surface area (Å²) in [4.78, 5) is 5.76. The Bertz CT molecular complexity index is 314. The van der Waals surface area contributed by atoms with Gasteiger partial charge in [-0.1, -0.05) is 0 Å². The van der Waals surface area contributed by atoms with Gasteiger partial charge in [-0.25, -0.2) is 0 Å². The van der Waals surface area contributed by atoms with Gasteiger partial charge >= 0.3 is 0 Å². The Kier molecular flexibility index (Phi) is 2.64. The van der Waals surface area contributed by atoms with E-state index in [4.69, 9.17) is 0 Å². The predicted octanol–water partition coefficient (Wildman–Crippen LogP) is 2.34. The van der Waals surface area contributed by atoms with Crippen molar-refractivity contribution >= 4 is 17.2 Å². The van der Waals surface area contributed by atoms with Crippen LogP contribution in [0.1, 0.15) is 23.3 Å². The maximum absolute atomic E-state index is 4.37. The average Bonchev–Trinajstić information content (AvgIpc) is 2.71.